The van der Waals surface area contributed by atoms with Gasteiger partial charge in [0, 0.05) is 18.8 Å². The van der Waals surface area contributed by atoms with E-state index in [-0.39, 0.29) is 18.0 Å². The number of carbonyl (C=O) groups is 2. The third-order valence-electron chi connectivity index (χ3n) is 4.66. The fourth-order valence-electron chi connectivity index (χ4n) is 3.16. The zero-order valence-electron chi connectivity index (χ0n) is 13.6. The van der Waals surface area contributed by atoms with Crippen LogP contribution < -0.4 is 4.90 Å². The standard InChI is InChI=1S/C17H23N3O3/c1-12-3-5-14(6-4-12)20-13(2)16(22)19(17(20)23)11-18-9-7-15(21)8-10-18/h3-6,13,15,21H,7-11H2,1-2H3/t13-/m0/s1. The second-order valence-corrected chi connectivity index (χ2v) is 6.42. The van der Waals surface area contributed by atoms with Crippen molar-refractivity contribution in [3.63, 3.8) is 0 Å². The molecule has 0 spiro atoms. The van der Waals surface area contributed by atoms with E-state index in [1.54, 1.807) is 11.8 Å². The van der Waals surface area contributed by atoms with Crippen molar-refractivity contribution in [3.8, 4) is 0 Å². The van der Waals surface area contributed by atoms with Gasteiger partial charge in [0.25, 0.3) is 5.91 Å². The molecule has 1 atom stereocenters. The number of piperidine rings is 1. The highest BCUT2D eigenvalue weighted by atomic mass is 16.3. The number of anilines is 1. The van der Waals surface area contributed by atoms with E-state index in [2.05, 4.69) is 0 Å². The van der Waals surface area contributed by atoms with E-state index in [0.717, 1.165) is 11.3 Å². The number of amides is 3. The van der Waals surface area contributed by atoms with Gasteiger partial charge in [0.15, 0.2) is 0 Å². The predicted molar refractivity (Wildman–Crippen MR) is 87.0 cm³/mol. The summed E-state index contributed by atoms with van der Waals surface area (Å²) < 4.78 is 0. The number of imide groups is 1. The maximum Gasteiger partial charge on any atom is 0.333 e. The van der Waals surface area contributed by atoms with Crippen LogP contribution in [0.3, 0.4) is 0 Å². The zero-order valence-corrected chi connectivity index (χ0v) is 13.6. The molecule has 6 nitrogen and oxygen atoms in total. The van der Waals surface area contributed by atoms with Crippen LogP contribution in [0.25, 0.3) is 0 Å². The largest absolute Gasteiger partial charge is 0.393 e. The van der Waals surface area contributed by atoms with Crippen molar-refractivity contribution in [1.29, 1.82) is 0 Å². The molecular weight excluding hydrogens is 294 g/mol. The summed E-state index contributed by atoms with van der Waals surface area (Å²) in [7, 11) is 0. The van der Waals surface area contributed by atoms with E-state index in [9.17, 15) is 14.7 Å². The molecule has 1 aromatic carbocycles. The van der Waals surface area contributed by atoms with Crippen LogP contribution in [0.4, 0.5) is 10.5 Å². The molecule has 1 aromatic rings. The lowest BCUT2D eigenvalue weighted by atomic mass is 10.1. The lowest BCUT2D eigenvalue weighted by Crippen LogP contribution is -2.46. The Kier molecular flexibility index (Phi) is 4.37. The molecule has 0 unspecified atom stereocenters. The summed E-state index contributed by atoms with van der Waals surface area (Å²) in [5, 5.41) is 9.56. The van der Waals surface area contributed by atoms with Gasteiger partial charge in [0.1, 0.15) is 6.04 Å². The van der Waals surface area contributed by atoms with E-state index in [1.807, 2.05) is 36.1 Å². The maximum atomic E-state index is 12.7. The minimum absolute atomic E-state index is 0.165. The minimum atomic E-state index is -0.486. The molecule has 0 bridgehead atoms. The van der Waals surface area contributed by atoms with Crippen LogP contribution in [-0.4, -0.2) is 58.7 Å². The molecule has 0 aliphatic carbocycles. The lowest BCUT2D eigenvalue weighted by molar-refractivity contribution is -0.128. The van der Waals surface area contributed by atoms with Crippen LogP contribution in [-0.2, 0) is 4.79 Å². The lowest BCUT2D eigenvalue weighted by Gasteiger charge is -2.31. The van der Waals surface area contributed by atoms with Crippen LogP contribution in [0.1, 0.15) is 25.3 Å². The quantitative estimate of drug-likeness (QED) is 0.860. The van der Waals surface area contributed by atoms with Gasteiger partial charge in [-0.05, 0) is 38.8 Å². The van der Waals surface area contributed by atoms with Crippen molar-refractivity contribution in [2.75, 3.05) is 24.7 Å². The average Bonchev–Trinajstić information content (AvgIpc) is 2.74. The van der Waals surface area contributed by atoms with Gasteiger partial charge in [-0.25, -0.2) is 9.69 Å². The van der Waals surface area contributed by atoms with E-state index in [4.69, 9.17) is 0 Å². The second kappa shape index (κ2) is 6.29. The fraction of sp³-hybridized carbons (Fsp3) is 0.529. The van der Waals surface area contributed by atoms with Crippen LogP contribution in [0, 0.1) is 6.92 Å². The Labute approximate surface area is 136 Å². The molecule has 2 aliphatic heterocycles. The van der Waals surface area contributed by atoms with Crippen molar-refractivity contribution in [1.82, 2.24) is 9.80 Å². The first-order valence-corrected chi connectivity index (χ1v) is 8.09. The first-order valence-electron chi connectivity index (χ1n) is 8.09. The molecule has 2 aliphatic rings. The van der Waals surface area contributed by atoms with Crippen LogP contribution in [0.5, 0.6) is 0 Å². The smallest absolute Gasteiger partial charge is 0.333 e. The number of benzene rings is 1. The normalized spacial score (nSPS) is 23.9. The van der Waals surface area contributed by atoms with Crippen LogP contribution >= 0.6 is 0 Å². The Bertz CT molecular complexity index is 594. The molecular formula is C17H23N3O3. The van der Waals surface area contributed by atoms with Gasteiger partial charge in [-0.1, -0.05) is 17.7 Å². The number of likely N-dealkylation sites (tertiary alicyclic amines) is 1. The summed E-state index contributed by atoms with van der Waals surface area (Å²) >= 11 is 0. The zero-order chi connectivity index (χ0) is 16.6. The van der Waals surface area contributed by atoms with Crippen molar-refractivity contribution in [2.24, 2.45) is 0 Å². The molecule has 2 heterocycles. The summed E-state index contributed by atoms with van der Waals surface area (Å²) in [5.74, 6) is -0.165. The maximum absolute atomic E-state index is 12.7. The number of carbonyl (C=O) groups excluding carboxylic acids is 2. The number of aliphatic hydroxyl groups excluding tert-OH is 1. The molecule has 23 heavy (non-hydrogen) atoms. The summed E-state index contributed by atoms with van der Waals surface area (Å²) in [4.78, 5) is 30.1. The van der Waals surface area contributed by atoms with E-state index < -0.39 is 6.04 Å². The van der Waals surface area contributed by atoms with Crippen LogP contribution in [0.15, 0.2) is 24.3 Å². The Balaban J connectivity index is 1.74. The first-order chi connectivity index (χ1) is 11.0. The van der Waals surface area contributed by atoms with Gasteiger partial charge in [0.2, 0.25) is 0 Å². The average molecular weight is 317 g/mol. The molecule has 6 heteroatoms. The number of hydrogen-bond donors (Lipinski definition) is 1. The van der Waals surface area contributed by atoms with Gasteiger partial charge in [-0.15, -0.1) is 0 Å². The molecule has 0 saturated carbocycles. The van der Waals surface area contributed by atoms with Crippen LogP contribution in [0.2, 0.25) is 0 Å². The third kappa shape index (κ3) is 3.09. The molecule has 3 amide bonds. The summed E-state index contributed by atoms with van der Waals surface area (Å²) in [6.45, 7) is 5.46. The third-order valence-corrected chi connectivity index (χ3v) is 4.66. The van der Waals surface area contributed by atoms with Gasteiger partial charge in [-0.3, -0.25) is 14.6 Å². The Hall–Kier alpha value is -1.92. The van der Waals surface area contributed by atoms with E-state index >= 15 is 0 Å². The molecule has 0 radical (unpaired) electrons. The molecule has 124 valence electrons. The number of aliphatic hydroxyl groups is 1. The SMILES string of the molecule is Cc1ccc(N2C(=O)N(CN3CCC(O)CC3)C(=O)[C@@H]2C)cc1. The summed E-state index contributed by atoms with van der Waals surface area (Å²) in [5.41, 5.74) is 1.86. The summed E-state index contributed by atoms with van der Waals surface area (Å²) in [6, 6.07) is 6.87. The van der Waals surface area contributed by atoms with Gasteiger partial charge in [0.05, 0.1) is 12.8 Å². The highest BCUT2D eigenvalue weighted by molar-refractivity contribution is 6.14. The Morgan fingerprint density at radius 1 is 1.13 bits per heavy atom. The van der Waals surface area contributed by atoms with E-state index in [0.29, 0.717) is 32.6 Å². The fourth-order valence-corrected chi connectivity index (χ4v) is 3.16. The predicted octanol–water partition coefficient (Wildman–Crippen LogP) is 1.57. The highest BCUT2D eigenvalue weighted by Gasteiger charge is 2.43. The monoisotopic (exact) mass is 317 g/mol. The van der Waals surface area contributed by atoms with Gasteiger partial charge < -0.3 is 5.11 Å². The Morgan fingerprint density at radius 2 is 1.74 bits per heavy atom. The number of aryl methyl sites for hydroxylation is 1. The number of hydrogen-bond acceptors (Lipinski definition) is 4. The van der Waals surface area contributed by atoms with Crippen molar-refractivity contribution < 1.29 is 14.7 Å². The number of rotatable bonds is 3. The molecule has 0 aromatic heterocycles. The molecule has 2 saturated heterocycles. The van der Waals surface area contributed by atoms with E-state index in [1.165, 1.54) is 4.90 Å². The minimum Gasteiger partial charge on any atom is -0.393 e. The summed E-state index contributed by atoms with van der Waals surface area (Å²) in [6.07, 6.45) is 1.11. The van der Waals surface area contributed by atoms with Gasteiger partial charge in [-0.2, -0.15) is 0 Å². The van der Waals surface area contributed by atoms with Crippen molar-refractivity contribution >= 4 is 17.6 Å². The highest BCUT2D eigenvalue weighted by Crippen LogP contribution is 2.26. The first kappa shape index (κ1) is 16.0. The topological polar surface area (TPSA) is 64.1 Å². The molecule has 2 fully saturated rings. The van der Waals surface area contributed by atoms with Gasteiger partial charge >= 0.3 is 6.03 Å². The number of nitrogens with zero attached hydrogens (tertiary/aromatic N) is 3. The molecule has 3 rings (SSSR count). The second-order valence-electron chi connectivity index (χ2n) is 6.42. The number of urea groups is 1. The Morgan fingerprint density at radius 3 is 2.35 bits per heavy atom. The van der Waals surface area contributed by atoms with Crippen molar-refractivity contribution in [3.05, 3.63) is 29.8 Å². The van der Waals surface area contributed by atoms with Crippen molar-refractivity contribution in [2.45, 2.75) is 38.8 Å². The molecule has 1 N–H and O–H groups in total.